The Balaban J connectivity index is 0.00000264. The Morgan fingerprint density at radius 2 is 2.04 bits per heavy atom. The van der Waals surface area contributed by atoms with Gasteiger partial charge < -0.3 is 10.6 Å². The molecule has 0 radical (unpaired) electrons. The zero-order valence-corrected chi connectivity index (χ0v) is 14.7. The maximum atomic E-state index is 12.1. The predicted molar refractivity (Wildman–Crippen MR) is 93.9 cm³/mol. The van der Waals surface area contributed by atoms with Crippen LogP contribution in [0.15, 0.2) is 24.3 Å². The van der Waals surface area contributed by atoms with E-state index in [2.05, 4.69) is 27.6 Å². The lowest BCUT2D eigenvalue weighted by atomic mass is 10.3. The Bertz CT molecular complexity index is 645. The molecule has 0 bridgehead atoms. The molecule has 0 spiro atoms. The number of aromatic nitrogens is 3. The lowest BCUT2D eigenvalue weighted by molar-refractivity contribution is 0.0944. The average molecular weight is 358 g/mol. The van der Waals surface area contributed by atoms with E-state index >= 15 is 0 Å². The SMILES string of the molecule is CCCc1nc(C(=O)NCCNC)nn1-c1ccccc1Cl.Cl. The summed E-state index contributed by atoms with van der Waals surface area (Å²) in [5.41, 5.74) is 0.731. The number of para-hydroxylation sites is 1. The molecule has 0 saturated carbocycles. The smallest absolute Gasteiger partial charge is 0.291 e. The lowest BCUT2D eigenvalue weighted by Gasteiger charge is -2.06. The average Bonchev–Trinajstić information content (AvgIpc) is 2.92. The van der Waals surface area contributed by atoms with E-state index in [1.807, 2.05) is 25.2 Å². The third kappa shape index (κ3) is 4.92. The van der Waals surface area contributed by atoms with E-state index in [0.29, 0.717) is 18.1 Å². The summed E-state index contributed by atoms with van der Waals surface area (Å²) in [6.45, 7) is 3.27. The summed E-state index contributed by atoms with van der Waals surface area (Å²) < 4.78 is 1.65. The van der Waals surface area contributed by atoms with E-state index in [1.165, 1.54) is 0 Å². The fourth-order valence-electron chi connectivity index (χ4n) is 2.02. The van der Waals surface area contributed by atoms with E-state index in [-0.39, 0.29) is 24.1 Å². The molecule has 1 aromatic carbocycles. The molecule has 2 N–H and O–H groups in total. The number of nitrogens with zero attached hydrogens (tertiary/aromatic N) is 3. The van der Waals surface area contributed by atoms with Crippen LogP contribution >= 0.6 is 24.0 Å². The van der Waals surface area contributed by atoms with Crippen LogP contribution in [0, 0.1) is 0 Å². The van der Waals surface area contributed by atoms with Gasteiger partial charge in [0.15, 0.2) is 0 Å². The number of nitrogens with one attached hydrogen (secondary N) is 2. The molecule has 2 rings (SSSR count). The third-order valence-electron chi connectivity index (χ3n) is 3.09. The summed E-state index contributed by atoms with van der Waals surface area (Å²) in [6, 6.07) is 7.39. The van der Waals surface area contributed by atoms with E-state index < -0.39 is 0 Å². The van der Waals surface area contributed by atoms with E-state index in [4.69, 9.17) is 11.6 Å². The fraction of sp³-hybridized carbons (Fsp3) is 0.400. The normalized spacial score (nSPS) is 10.2. The molecule has 8 heteroatoms. The van der Waals surface area contributed by atoms with Gasteiger partial charge in [0.2, 0.25) is 5.82 Å². The van der Waals surface area contributed by atoms with Gasteiger partial charge in [0.1, 0.15) is 5.82 Å². The number of benzene rings is 1. The summed E-state index contributed by atoms with van der Waals surface area (Å²) in [6.07, 6.45) is 1.63. The van der Waals surface area contributed by atoms with Crippen molar-refractivity contribution in [3.05, 3.63) is 40.9 Å². The minimum absolute atomic E-state index is 0. The Labute approximate surface area is 147 Å². The van der Waals surface area contributed by atoms with Crippen LogP contribution in [0.1, 0.15) is 29.8 Å². The van der Waals surface area contributed by atoms with Gasteiger partial charge in [0.25, 0.3) is 5.91 Å². The highest BCUT2D eigenvalue weighted by Gasteiger charge is 2.17. The Morgan fingerprint density at radius 3 is 2.70 bits per heavy atom. The summed E-state index contributed by atoms with van der Waals surface area (Å²) in [5.74, 6) is 0.618. The quantitative estimate of drug-likeness (QED) is 0.745. The number of likely N-dealkylation sites (N-methyl/N-ethyl adjacent to an activating group) is 1. The van der Waals surface area contributed by atoms with Gasteiger partial charge in [-0.25, -0.2) is 9.67 Å². The molecule has 1 amide bonds. The van der Waals surface area contributed by atoms with Crippen LogP contribution < -0.4 is 10.6 Å². The molecule has 6 nitrogen and oxygen atoms in total. The summed E-state index contributed by atoms with van der Waals surface area (Å²) in [7, 11) is 1.83. The maximum absolute atomic E-state index is 12.1. The Hall–Kier alpha value is -1.63. The van der Waals surface area contributed by atoms with Gasteiger partial charge in [-0.05, 0) is 25.6 Å². The third-order valence-corrected chi connectivity index (χ3v) is 3.41. The molecular formula is C15H21Cl2N5O. The van der Waals surface area contributed by atoms with Crippen molar-refractivity contribution < 1.29 is 4.79 Å². The Kier molecular flexibility index (Phi) is 8.02. The minimum atomic E-state index is -0.279. The molecule has 23 heavy (non-hydrogen) atoms. The van der Waals surface area contributed by atoms with Crippen LogP contribution in [0.25, 0.3) is 5.69 Å². The summed E-state index contributed by atoms with van der Waals surface area (Å²) >= 11 is 6.22. The zero-order chi connectivity index (χ0) is 15.9. The molecule has 1 heterocycles. The molecule has 126 valence electrons. The van der Waals surface area contributed by atoms with E-state index in [9.17, 15) is 4.79 Å². The van der Waals surface area contributed by atoms with Crippen molar-refractivity contribution in [2.45, 2.75) is 19.8 Å². The Morgan fingerprint density at radius 1 is 1.30 bits per heavy atom. The van der Waals surface area contributed by atoms with E-state index in [0.717, 1.165) is 24.4 Å². The summed E-state index contributed by atoms with van der Waals surface area (Å²) in [4.78, 5) is 16.5. The van der Waals surface area contributed by atoms with Crippen LogP contribution in [0.5, 0.6) is 0 Å². The number of hydrogen-bond acceptors (Lipinski definition) is 4. The first-order valence-corrected chi connectivity index (χ1v) is 7.68. The fourth-order valence-corrected chi connectivity index (χ4v) is 2.24. The van der Waals surface area contributed by atoms with Crippen molar-refractivity contribution in [3.63, 3.8) is 0 Å². The molecule has 0 aliphatic carbocycles. The predicted octanol–water partition coefficient (Wildman–Crippen LogP) is 2.24. The van der Waals surface area contributed by atoms with Gasteiger partial charge in [-0.15, -0.1) is 17.5 Å². The highest BCUT2D eigenvalue weighted by Crippen LogP contribution is 2.21. The topological polar surface area (TPSA) is 71.8 Å². The number of aryl methyl sites for hydroxylation is 1. The second-order valence-corrected chi connectivity index (χ2v) is 5.23. The van der Waals surface area contributed by atoms with Crippen molar-refractivity contribution in [1.29, 1.82) is 0 Å². The number of amides is 1. The van der Waals surface area contributed by atoms with Crippen LogP contribution in [0.4, 0.5) is 0 Å². The van der Waals surface area contributed by atoms with Crippen LogP contribution in [-0.2, 0) is 6.42 Å². The molecule has 0 aliphatic rings. The minimum Gasteiger partial charge on any atom is -0.348 e. The van der Waals surface area contributed by atoms with Gasteiger partial charge in [-0.2, -0.15) is 0 Å². The van der Waals surface area contributed by atoms with Crippen LogP contribution in [0.2, 0.25) is 5.02 Å². The summed E-state index contributed by atoms with van der Waals surface area (Å²) in [5, 5.41) is 10.6. The molecule has 0 fully saturated rings. The second-order valence-electron chi connectivity index (χ2n) is 4.82. The number of hydrogen-bond donors (Lipinski definition) is 2. The first-order chi connectivity index (χ1) is 10.7. The van der Waals surface area contributed by atoms with Gasteiger partial charge in [-0.1, -0.05) is 30.7 Å². The monoisotopic (exact) mass is 357 g/mol. The van der Waals surface area contributed by atoms with Gasteiger partial charge in [0, 0.05) is 19.5 Å². The molecule has 2 aromatic rings. The molecule has 0 unspecified atom stereocenters. The highest BCUT2D eigenvalue weighted by atomic mass is 35.5. The van der Waals surface area contributed by atoms with Crippen LogP contribution in [0.3, 0.4) is 0 Å². The first kappa shape index (κ1) is 19.4. The number of carbonyl (C=O) groups excluding carboxylic acids is 1. The van der Waals surface area contributed by atoms with Gasteiger partial charge in [-0.3, -0.25) is 4.79 Å². The van der Waals surface area contributed by atoms with Gasteiger partial charge >= 0.3 is 0 Å². The number of carbonyl (C=O) groups is 1. The molecule has 0 saturated heterocycles. The standard InChI is InChI=1S/C15H20ClN5O.ClH/c1-3-6-13-19-14(15(22)18-10-9-17-2)20-21(13)12-8-5-4-7-11(12)16;/h4-5,7-8,17H,3,6,9-10H2,1-2H3,(H,18,22);1H. The van der Waals surface area contributed by atoms with Crippen LogP contribution in [-0.4, -0.2) is 40.8 Å². The van der Waals surface area contributed by atoms with Crippen molar-refractivity contribution in [1.82, 2.24) is 25.4 Å². The molecule has 0 atom stereocenters. The second kappa shape index (κ2) is 9.50. The zero-order valence-electron chi connectivity index (χ0n) is 13.2. The van der Waals surface area contributed by atoms with Crippen molar-refractivity contribution >= 4 is 29.9 Å². The van der Waals surface area contributed by atoms with E-state index in [1.54, 1.807) is 10.7 Å². The molecular weight excluding hydrogens is 337 g/mol. The maximum Gasteiger partial charge on any atom is 0.291 e. The van der Waals surface area contributed by atoms with Crippen molar-refractivity contribution in [2.24, 2.45) is 0 Å². The van der Waals surface area contributed by atoms with Gasteiger partial charge in [0.05, 0.1) is 10.7 Å². The van der Waals surface area contributed by atoms with Crippen molar-refractivity contribution in [2.75, 3.05) is 20.1 Å². The molecule has 1 aromatic heterocycles. The number of rotatable bonds is 7. The largest absolute Gasteiger partial charge is 0.348 e. The highest BCUT2D eigenvalue weighted by molar-refractivity contribution is 6.32. The molecule has 0 aliphatic heterocycles. The van der Waals surface area contributed by atoms with Crippen molar-refractivity contribution in [3.8, 4) is 5.69 Å². The number of halogens is 2. The first-order valence-electron chi connectivity index (χ1n) is 7.31. The lowest BCUT2D eigenvalue weighted by Crippen LogP contribution is -2.31.